The van der Waals surface area contributed by atoms with Gasteiger partial charge in [-0.2, -0.15) is 13.2 Å². The summed E-state index contributed by atoms with van der Waals surface area (Å²) in [7, 11) is 0. The summed E-state index contributed by atoms with van der Waals surface area (Å²) in [6.07, 6.45) is -4.22. The molecule has 2 N–H and O–H groups in total. The van der Waals surface area contributed by atoms with Gasteiger partial charge in [0, 0.05) is 6.04 Å². The van der Waals surface area contributed by atoms with Crippen molar-refractivity contribution in [1.29, 1.82) is 0 Å². The highest BCUT2D eigenvalue weighted by molar-refractivity contribution is 5.29. The molecule has 0 saturated heterocycles. The second-order valence-corrected chi connectivity index (χ2v) is 4.84. The first kappa shape index (κ1) is 16.0. The topological polar surface area (TPSA) is 29.3 Å². The van der Waals surface area contributed by atoms with Gasteiger partial charge in [0.25, 0.3) is 0 Å². The minimum absolute atomic E-state index is 0.306. The number of halogens is 3. The molecule has 2 nitrogen and oxygen atoms in total. The van der Waals surface area contributed by atoms with Crippen LogP contribution in [-0.2, 0) is 0 Å². The Balaban J connectivity index is 3.09. The molecule has 0 spiro atoms. The van der Waals surface area contributed by atoms with Crippen molar-refractivity contribution in [2.24, 2.45) is 5.73 Å². The van der Waals surface area contributed by atoms with Gasteiger partial charge in [-0.1, -0.05) is 31.2 Å². The van der Waals surface area contributed by atoms with Crippen LogP contribution in [-0.4, -0.2) is 30.2 Å². The van der Waals surface area contributed by atoms with Crippen molar-refractivity contribution < 1.29 is 13.2 Å². The van der Waals surface area contributed by atoms with Crippen LogP contribution in [0.1, 0.15) is 31.0 Å². The summed E-state index contributed by atoms with van der Waals surface area (Å²) in [5.41, 5.74) is 7.75. The van der Waals surface area contributed by atoms with Gasteiger partial charge in [0.15, 0.2) is 0 Å². The molecule has 0 aliphatic carbocycles. The molecule has 19 heavy (non-hydrogen) atoms. The minimum Gasteiger partial charge on any atom is -0.326 e. The third-order valence-electron chi connectivity index (χ3n) is 3.19. The summed E-state index contributed by atoms with van der Waals surface area (Å²) >= 11 is 0. The van der Waals surface area contributed by atoms with Gasteiger partial charge in [-0.15, -0.1) is 0 Å². The average molecular weight is 274 g/mol. The first-order chi connectivity index (χ1) is 8.76. The fraction of sp³-hybridized carbons (Fsp3) is 0.571. The Morgan fingerprint density at radius 1 is 1.26 bits per heavy atom. The summed E-state index contributed by atoms with van der Waals surface area (Å²) in [6, 6.07) is 6.65. The van der Waals surface area contributed by atoms with E-state index in [1.54, 1.807) is 13.8 Å². The van der Waals surface area contributed by atoms with Crippen LogP contribution in [0.15, 0.2) is 24.3 Å². The Kier molecular flexibility index (Phi) is 5.38. The van der Waals surface area contributed by atoms with Crippen molar-refractivity contribution in [3.63, 3.8) is 0 Å². The lowest BCUT2D eigenvalue weighted by Crippen LogP contribution is -2.44. The second kappa shape index (κ2) is 6.39. The smallest absolute Gasteiger partial charge is 0.326 e. The zero-order valence-electron chi connectivity index (χ0n) is 11.5. The standard InChI is InChI=1S/C14H21F3N2/c1-4-19(9-14(15,16)17)13(11(3)18)12-8-6-5-7-10(12)2/h5-8,11,13H,4,9,18H2,1-3H3. The maximum absolute atomic E-state index is 12.7. The third kappa shape index (κ3) is 4.51. The molecule has 2 atom stereocenters. The van der Waals surface area contributed by atoms with E-state index in [1.807, 2.05) is 31.2 Å². The summed E-state index contributed by atoms with van der Waals surface area (Å²) in [6.45, 7) is 4.73. The molecule has 0 aromatic heterocycles. The summed E-state index contributed by atoms with van der Waals surface area (Å²) in [5, 5.41) is 0. The van der Waals surface area contributed by atoms with Crippen LogP contribution in [0.5, 0.6) is 0 Å². The number of nitrogens with zero attached hydrogens (tertiary/aromatic N) is 1. The van der Waals surface area contributed by atoms with Crippen LogP contribution in [0.3, 0.4) is 0 Å². The molecule has 5 heteroatoms. The first-order valence-electron chi connectivity index (χ1n) is 6.38. The van der Waals surface area contributed by atoms with Crippen molar-refractivity contribution >= 4 is 0 Å². The molecule has 0 aliphatic rings. The van der Waals surface area contributed by atoms with E-state index in [-0.39, 0.29) is 6.04 Å². The minimum atomic E-state index is -4.22. The molecule has 2 unspecified atom stereocenters. The number of rotatable bonds is 5. The van der Waals surface area contributed by atoms with Gasteiger partial charge in [0.05, 0.1) is 12.6 Å². The number of benzene rings is 1. The Hall–Kier alpha value is -1.07. The first-order valence-corrected chi connectivity index (χ1v) is 6.38. The van der Waals surface area contributed by atoms with E-state index in [0.717, 1.165) is 11.1 Å². The van der Waals surface area contributed by atoms with E-state index in [0.29, 0.717) is 6.54 Å². The van der Waals surface area contributed by atoms with Crippen LogP contribution >= 0.6 is 0 Å². The molecule has 0 heterocycles. The van der Waals surface area contributed by atoms with E-state index in [9.17, 15) is 13.2 Å². The third-order valence-corrected chi connectivity index (χ3v) is 3.19. The maximum Gasteiger partial charge on any atom is 0.401 e. The number of likely N-dealkylation sites (N-methyl/N-ethyl adjacent to an activating group) is 1. The number of hydrogen-bond acceptors (Lipinski definition) is 2. The van der Waals surface area contributed by atoms with E-state index < -0.39 is 18.8 Å². The second-order valence-electron chi connectivity index (χ2n) is 4.84. The van der Waals surface area contributed by atoms with Crippen molar-refractivity contribution in [3.05, 3.63) is 35.4 Å². The molecule has 1 rings (SSSR count). The molecule has 108 valence electrons. The molecule has 0 bridgehead atoms. The van der Waals surface area contributed by atoms with E-state index in [4.69, 9.17) is 5.73 Å². The van der Waals surface area contributed by atoms with Crippen molar-refractivity contribution in [3.8, 4) is 0 Å². The highest BCUT2D eigenvalue weighted by atomic mass is 19.4. The van der Waals surface area contributed by atoms with Crippen LogP contribution in [0.2, 0.25) is 0 Å². The predicted molar refractivity (Wildman–Crippen MR) is 70.9 cm³/mol. The van der Waals surface area contributed by atoms with E-state index in [2.05, 4.69) is 0 Å². The number of alkyl halides is 3. The van der Waals surface area contributed by atoms with E-state index in [1.165, 1.54) is 4.90 Å². The number of nitrogens with two attached hydrogens (primary N) is 1. The Morgan fingerprint density at radius 3 is 2.26 bits per heavy atom. The number of hydrogen-bond donors (Lipinski definition) is 1. The van der Waals surface area contributed by atoms with Gasteiger partial charge >= 0.3 is 6.18 Å². The number of aryl methyl sites for hydroxylation is 1. The monoisotopic (exact) mass is 274 g/mol. The molecular weight excluding hydrogens is 253 g/mol. The van der Waals surface area contributed by atoms with Crippen LogP contribution in [0.25, 0.3) is 0 Å². The zero-order chi connectivity index (χ0) is 14.6. The molecule has 0 fully saturated rings. The zero-order valence-corrected chi connectivity index (χ0v) is 11.5. The molecular formula is C14H21F3N2. The Morgan fingerprint density at radius 2 is 1.84 bits per heavy atom. The summed E-state index contributed by atoms with van der Waals surface area (Å²) in [5.74, 6) is 0. The van der Waals surface area contributed by atoms with Crippen LogP contribution in [0, 0.1) is 6.92 Å². The van der Waals surface area contributed by atoms with Crippen molar-refractivity contribution in [2.45, 2.75) is 39.0 Å². The quantitative estimate of drug-likeness (QED) is 0.893. The lowest BCUT2D eigenvalue weighted by atomic mass is 9.95. The summed E-state index contributed by atoms with van der Waals surface area (Å²) in [4.78, 5) is 1.38. The lowest BCUT2D eigenvalue weighted by molar-refractivity contribution is -0.151. The van der Waals surface area contributed by atoms with Crippen LogP contribution in [0.4, 0.5) is 13.2 Å². The van der Waals surface area contributed by atoms with Crippen molar-refractivity contribution in [1.82, 2.24) is 4.90 Å². The SMILES string of the molecule is CCN(CC(F)(F)F)C(c1ccccc1C)C(C)N. The van der Waals surface area contributed by atoms with Gasteiger partial charge in [-0.25, -0.2) is 0 Å². The van der Waals surface area contributed by atoms with Gasteiger partial charge in [0.1, 0.15) is 0 Å². The van der Waals surface area contributed by atoms with Crippen LogP contribution < -0.4 is 5.73 Å². The van der Waals surface area contributed by atoms with Gasteiger partial charge in [0.2, 0.25) is 0 Å². The maximum atomic E-state index is 12.7. The van der Waals surface area contributed by atoms with E-state index >= 15 is 0 Å². The van der Waals surface area contributed by atoms with Gasteiger partial charge in [-0.3, -0.25) is 4.90 Å². The lowest BCUT2D eigenvalue weighted by Gasteiger charge is -2.35. The molecule has 1 aromatic carbocycles. The predicted octanol–water partition coefficient (Wildman–Crippen LogP) is 3.27. The van der Waals surface area contributed by atoms with Gasteiger partial charge in [-0.05, 0) is 31.5 Å². The largest absolute Gasteiger partial charge is 0.401 e. The fourth-order valence-corrected chi connectivity index (χ4v) is 2.37. The molecule has 0 amide bonds. The molecule has 0 radical (unpaired) electrons. The average Bonchev–Trinajstić information content (AvgIpc) is 2.28. The molecule has 0 saturated carbocycles. The highest BCUT2D eigenvalue weighted by Gasteiger charge is 2.35. The van der Waals surface area contributed by atoms with Crippen molar-refractivity contribution in [2.75, 3.05) is 13.1 Å². The Labute approximate surface area is 112 Å². The molecule has 0 aliphatic heterocycles. The Bertz CT molecular complexity index is 402. The molecule has 1 aromatic rings. The highest BCUT2D eigenvalue weighted by Crippen LogP contribution is 2.29. The normalized spacial score (nSPS) is 15.6. The van der Waals surface area contributed by atoms with Gasteiger partial charge < -0.3 is 5.73 Å². The summed E-state index contributed by atoms with van der Waals surface area (Å²) < 4.78 is 38.0. The fourth-order valence-electron chi connectivity index (χ4n) is 2.37.